The summed E-state index contributed by atoms with van der Waals surface area (Å²) in [7, 11) is 1.66. The molecule has 8 nitrogen and oxygen atoms in total. The summed E-state index contributed by atoms with van der Waals surface area (Å²) in [4.78, 5) is 8.70. The molecular formula is C37H57F3O8. The highest BCUT2D eigenvalue weighted by Gasteiger charge is 2.51. The normalized spacial score (nSPS) is 28.9. The summed E-state index contributed by atoms with van der Waals surface area (Å²) in [6, 6.07) is 20.1. The Morgan fingerprint density at radius 3 is 1.52 bits per heavy atom. The smallest absolute Gasteiger partial charge is 0.412 e. The van der Waals surface area contributed by atoms with E-state index in [1.165, 1.54) is 0 Å². The number of hydrogen-bond acceptors (Lipinski definition) is 7. The average molecular weight is 687 g/mol. The van der Waals surface area contributed by atoms with Crippen LogP contribution in [0.4, 0.5) is 13.2 Å². The second-order valence-corrected chi connectivity index (χ2v) is 11.0. The Hall–Kier alpha value is -2.90. The molecule has 2 aromatic rings. The lowest BCUT2D eigenvalue weighted by Gasteiger charge is -2.28. The Morgan fingerprint density at radius 1 is 0.812 bits per heavy atom. The summed E-state index contributed by atoms with van der Waals surface area (Å²) in [6.45, 7) is 17.1. The molecule has 0 aromatic heterocycles. The molecule has 274 valence electrons. The highest BCUT2D eigenvalue weighted by molar-refractivity contribution is 5.56. The van der Waals surface area contributed by atoms with Gasteiger partial charge in [0.1, 0.15) is 12.2 Å². The lowest BCUT2D eigenvalue weighted by atomic mass is 9.85. The number of aldehydes is 1. The van der Waals surface area contributed by atoms with Crippen molar-refractivity contribution < 1.29 is 52.2 Å². The molecule has 2 heterocycles. The predicted octanol–water partition coefficient (Wildman–Crippen LogP) is 7.63. The number of carbonyl (C=O) groups is 1. The Morgan fingerprint density at radius 2 is 1.19 bits per heavy atom. The standard InChI is InChI=1S/C17H24O3.C16H22O3.C2HF3O.2CH4.H2O/c1-5-17(6-2)13(3)15(16(18-4)20-17)19-12-14-10-8-7-9-11-14;1-4-16(5-2)12(3)14(15(17)19-16)18-11-13-9-7-6-8-10-13;3-2(4,5)1-6;;;/h5,7-11,13,15-16H,1,6,12H2,2-4H3;4,6-10,12,14-15,17H,1,5,11H2,2-3H3;1H;2*1H4;1H2/t13-,15+,16?,17+;12-,14+,15?,16+;;;;/m00..../s1. The minimum atomic E-state index is -4.64. The summed E-state index contributed by atoms with van der Waals surface area (Å²) in [5, 5.41) is 10.0. The van der Waals surface area contributed by atoms with Gasteiger partial charge in [-0.2, -0.15) is 13.2 Å². The second kappa shape index (κ2) is 21.9. The van der Waals surface area contributed by atoms with Crippen LogP contribution in [-0.2, 0) is 41.7 Å². The van der Waals surface area contributed by atoms with Gasteiger partial charge in [0.15, 0.2) is 12.6 Å². The van der Waals surface area contributed by atoms with E-state index in [9.17, 15) is 18.3 Å². The fourth-order valence-corrected chi connectivity index (χ4v) is 5.56. The van der Waals surface area contributed by atoms with E-state index >= 15 is 0 Å². The van der Waals surface area contributed by atoms with Crippen molar-refractivity contribution >= 4 is 6.29 Å². The summed E-state index contributed by atoms with van der Waals surface area (Å²) in [6.07, 6.45) is -2.03. The van der Waals surface area contributed by atoms with Gasteiger partial charge in [0, 0.05) is 18.9 Å². The molecule has 8 atom stereocenters. The number of rotatable bonds is 11. The number of ether oxygens (including phenoxy) is 5. The number of methoxy groups -OCH3 is 1. The van der Waals surface area contributed by atoms with Crippen LogP contribution in [0.15, 0.2) is 86.0 Å². The molecule has 2 aliphatic rings. The fraction of sp³-hybridized carbons (Fsp3) is 0.541. The lowest BCUT2D eigenvalue weighted by Crippen LogP contribution is -2.34. The molecule has 0 aliphatic carbocycles. The molecular weight excluding hydrogens is 629 g/mol. The van der Waals surface area contributed by atoms with Crippen molar-refractivity contribution in [3.63, 3.8) is 0 Å². The monoisotopic (exact) mass is 686 g/mol. The van der Waals surface area contributed by atoms with E-state index in [2.05, 4.69) is 39.1 Å². The maximum Gasteiger partial charge on any atom is 0.446 e. The van der Waals surface area contributed by atoms with Crippen LogP contribution in [0.1, 0.15) is 66.5 Å². The van der Waals surface area contributed by atoms with Crippen molar-refractivity contribution in [1.82, 2.24) is 0 Å². The zero-order valence-electron chi connectivity index (χ0n) is 27.2. The van der Waals surface area contributed by atoms with Crippen LogP contribution in [0.2, 0.25) is 0 Å². The first-order valence-corrected chi connectivity index (χ1v) is 15.0. The van der Waals surface area contributed by atoms with E-state index < -0.39 is 24.4 Å². The second-order valence-electron chi connectivity index (χ2n) is 11.0. The maximum absolute atomic E-state index is 10.4. The van der Waals surface area contributed by atoms with Crippen LogP contribution in [0.25, 0.3) is 0 Å². The third-order valence-corrected chi connectivity index (χ3v) is 8.48. The van der Waals surface area contributed by atoms with Gasteiger partial charge in [0.25, 0.3) is 0 Å². The number of carbonyl (C=O) groups excluding carboxylic acids is 1. The van der Waals surface area contributed by atoms with Gasteiger partial charge in [0.05, 0.1) is 24.4 Å². The van der Waals surface area contributed by atoms with Gasteiger partial charge in [-0.3, -0.25) is 4.79 Å². The van der Waals surface area contributed by atoms with Crippen LogP contribution in [-0.4, -0.2) is 66.1 Å². The van der Waals surface area contributed by atoms with Gasteiger partial charge < -0.3 is 34.3 Å². The molecule has 3 N–H and O–H groups in total. The molecule has 48 heavy (non-hydrogen) atoms. The quantitative estimate of drug-likeness (QED) is 0.191. The molecule has 0 spiro atoms. The van der Waals surface area contributed by atoms with Crippen molar-refractivity contribution in [3.8, 4) is 0 Å². The Kier molecular flexibility index (Phi) is 21.6. The molecule has 2 fully saturated rings. The van der Waals surface area contributed by atoms with E-state index in [1.807, 2.05) is 68.5 Å². The molecule has 0 bridgehead atoms. The first-order valence-electron chi connectivity index (χ1n) is 15.0. The van der Waals surface area contributed by atoms with E-state index in [4.69, 9.17) is 28.5 Å². The number of benzene rings is 2. The molecule has 0 radical (unpaired) electrons. The van der Waals surface area contributed by atoms with Crippen LogP contribution in [0.5, 0.6) is 0 Å². The summed E-state index contributed by atoms with van der Waals surface area (Å²) < 4.78 is 60.3. The minimum absolute atomic E-state index is 0. The summed E-state index contributed by atoms with van der Waals surface area (Å²) in [5.41, 5.74) is 1.40. The lowest BCUT2D eigenvalue weighted by molar-refractivity contribution is -0.176. The predicted molar refractivity (Wildman–Crippen MR) is 183 cm³/mol. The van der Waals surface area contributed by atoms with Gasteiger partial charge in [0.2, 0.25) is 6.29 Å². The fourth-order valence-electron chi connectivity index (χ4n) is 5.56. The molecule has 11 heteroatoms. The zero-order chi connectivity index (χ0) is 33.7. The first kappa shape index (κ1) is 47.2. The SMILES string of the molecule is C.C.C=C[C@]1(CC)OC(O)[C@H](OCc2ccccc2)[C@@H]1C.C=C[C@]1(CC)OC(OC)[C@H](OCc2ccccc2)[C@@H]1C.O.O=CC(F)(F)F. The molecule has 2 aromatic carbocycles. The van der Waals surface area contributed by atoms with E-state index in [0.717, 1.165) is 24.0 Å². The zero-order valence-corrected chi connectivity index (χ0v) is 27.2. The minimum Gasteiger partial charge on any atom is -0.412 e. The number of alkyl halides is 3. The van der Waals surface area contributed by atoms with Crippen LogP contribution in [0.3, 0.4) is 0 Å². The van der Waals surface area contributed by atoms with Crippen LogP contribution < -0.4 is 0 Å². The highest BCUT2D eigenvalue weighted by Crippen LogP contribution is 2.42. The number of aliphatic hydroxyl groups is 1. The molecule has 2 aliphatic heterocycles. The van der Waals surface area contributed by atoms with Crippen LogP contribution >= 0.6 is 0 Å². The number of halogens is 3. The van der Waals surface area contributed by atoms with Gasteiger partial charge in [-0.25, -0.2) is 0 Å². The molecule has 4 rings (SSSR count). The van der Waals surface area contributed by atoms with Crippen molar-refractivity contribution in [3.05, 3.63) is 97.1 Å². The van der Waals surface area contributed by atoms with Crippen molar-refractivity contribution in [2.45, 2.75) is 111 Å². The highest BCUT2D eigenvalue weighted by atomic mass is 19.4. The average Bonchev–Trinajstić information content (AvgIpc) is 3.48. The summed E-state index contributed by atoms with van der Waals surface area (Å²) >= 11 is 0. The van der Waals surface area contributed by atoms with Crippen molar-refractivity contribution in [1.29, 1.82) is 0 Å². The van der Waals surface area contributed by atoms with Crippen molar-refractivity contribution in [2.24, 2.45) is 11.8 Å². The maximum atomic E-state index is 10.4. The Bertz CT molecular complexity index is 1170. The number of hydrogen-bond donors (Lipinski definition) is 1. The molecule has 2 saturated heterocycles. The van der Waals surface area contributed by atoms with Crippen molar-refractivity contribution in [2.75, 3.05) is 7.11 Å². The van der Waals surface area contributed by atoms with Gasteiger partial charge in [-0.05, 0) is 24.0 Å². The Labute approximate surface area is 285 Å². The van der Waals surface area contributed by atoms with Gasteiger partial charge >= 0.3 is 6.18 Å². The van der Waals surface area contributed by atoms with E-state index in [-0.39, 0.29) is 56.3 Å². The first-order chi connectivity index (χ1) is 21.4. The van der Waals surface area contributed by atoms with E-state index in [1.54, 1.807) is 13.2 Å². The topological polar surface area (TPSA) is 115 Å². The largest absolute Gasteiger partial charge is 0.446 e. The molecule has 0 saturated carbocycles. The van der Waals surface area contributed by atoms with Crippen LogP contribution in [0, 0.1) is 11.8 Å². The Balaban J connectivity index is 0. The molecule has 2 unspecified atom stereocenters. The summed E-state index contributed by atoms with van der Waals surface area (Å²) in [5.74, 6) is 0.285. The molecule has 0 amide bonds. The third kappa shape index (κ3) is 12.5. The third-order valence-electron chi connectivity index (χ3n) is 8.48. The van der Waals surface area contributed by atoms with Gasteiger partial charge in [-0.1, -0.05) is 115 Å². The number of aliphatic hydroxyl groups excluding tert-OH is 1. The van der Waals surface area contributed by atoms with Gasteiger partial charge in [-0.15, -0.1) is 13.2 Å². The van der Waals surface area contributed by atoms with E-state index in [0.29, 0.717) is 13.2 Å².